The number of oxime groups is 1. The molecule has 0 aromatic heterocycles. The highest BCUT2D eigenvalue weighted by molar-refractivity contribution is 5.87. The van der Waals surface area contributed by atoms with Gasteiger partial charge in [0.2, 0.25) is 0 Å². The van der Waals surface area contributed by atoms with Gasteiger partial charge >= 0.3 is 6.18 Å². The molecule has 24 heavy (non-hydrogen) atoms. The van der Waals surface area contributed by atoms with Crippen molar-refractivity contribution in [3.8, 4) is 11.1 Å². The highest BCUT2D eigenvalue weighted by Crippen LogP contribution is 2.31. The molecule has 128 valence electrons. The predicted octanol–water partition coefficient (Wildman–Crippen LogP) is 4.41. The van der Waals surface area contributed by atoms with Gasteiger partial charge in [-0.2, -0.15) is 18.7 Å². The number of benzene rings is 2. The van der Waals surface area contributed by atoms with Crippen LogP contribution in [-0.4, -0.2) is 18.0 Å². The molecular weight excluding hydrogens is 321 g/mol. The van der Waals surface area contributed by atoms with Gasteiger partial charge in [0.15, 0.2) is 0 Å². The van der Waals surface area contributed by atoms with E-state index in [1.165, 1.54) is 19.2 Å². The van der Waals surface area contributed by atoms with Gasteiger partial charge in [0.25, 0.3) is 0 Å². The third kappa shape index (κ3) is 4.12. The van der Waals surface area contributed by atoms with Gasteiger partial charge in [0.05, 0.1) is 24.4 Å². The van der Waals surface area contributed by atoms with Crippen molar-refractivity contribution in [2.75, 3.05) is 7.11 Å². The van der Waals surface area contributed by atoms with E-state index in [0.717, 1.165) is 23.3 Å². The van der Waals surface area contributed by atoms with Crippen LogP contribution < -0.4 is 5.48 Å². The maximum atomic E-state index is 12.6. The Hall–Kier alpha value is -2.38. The van der Waals surface area contributed by atoms with Crippen molar-refractivity contribution in [1.29, 1.82) is 0 Å². The lowest BCUT2D eigenvalue weighted by Crippen LogP contribution is -2.26. The number of nitrogens with zero attached hydrogens (tertiary/aromatic N) is 1. The van der Waals surface area contributed by atoms with E-state index >= 15 is 0 Å². The van der Waals surface area contributed by atoms with Crippen molar-refractivity contribution in [3.63, 3.8) is 0 Å². The van der Waals surface area contributed by atoms with E-state index in [9.17, 15) is 13.2 Å². The van der Waals surface area contributed by atoms with Gasteiger partial charge in [-0.3, -0.25) is 0 Å². The molecule has 0 spiro atoms. The second-order valence-electron chi connectivity index (χ2n) is 5.19. The third-order valence-electron chi connectivity index (χ3n) is 3.60. The lowest BCUT2D eigenvalue weighted by molar-refractivity contribution is -0.137. The first-order valence-corrected chi connectivity index (χ1v) is 7.11. The summed E-state index contributed by atoms with van der Waals surface area (Å²) in [5, 5.41) is 12.1. The SMILES string of the molecule is CONC(/C(C)=N\O)c1ccc(-c2ccc(C(F)(F)F)cc2)cc1. The number of hydrogen-bond donors (Lipinski definition) is 2. The largest absolute Gasteiger partial charge is 0.416 e. The Labute approximate surface area is 137 Å². The van der Waals surface area contributed by atoms with Crippen LogP contribution in [0.5, 0.6) is 0 Å². The number of nitrogens with one attached hydrogen (secondary N) is 1. The van der Waals surface area contributed by atoms with Crippen LogP contribution >= 0.6 is 0 Å². The molecule has 0 fully saturated rings. The summed E-state index contributed by atoms with van der Waals surface area (Å²) < 4.78 is 37.8. The van der Waals surface area contributed by atoms with Gasteiger partial charge in [-0.05, 0) is 35.7 Å². The van der Waals surface area contributed by atoms with Gasteiger partial charge in [-0.1, -0.05) is 41.6 Å². The fourth-order valence-electron chi connectivity index (χ4n) is 2.29. The highest BCUT2D eigenvalue weighted by Gasteiger charge is 2.29. The number of hydroxylamine groups is 1. The van der Waals surface area contributed by atoms with E-state index in [1.807, 2.05) is 0 Å². The molecule has 2 rings (SSSR count). The minimum absolute atomic E-state index is 0.416. The highest BCUT2D eigenvalue weighted by atomic mass is 19.4. The van der Waals surface area contributed by atoms with E-state index in [0.29, 0.717) is 11.3 Å². The first-order valence-electron chi connectivity index (χ1n) is 7.11. The second-order valence-corrected chi connectivity index (χ2v) is 5.19. The van der Waals surface area contributed by atoms with Crippen LogP contribution in [0.1, 0.15) is 24.1 Å². The van der Waals surface area contributed by atoms with Gasteiger partial charge in [-0.25, -0.2) is 0 Å². The lowest BCUT2D eigenvalue weighted by Gasteiger charge is -2.17. The average molecular weight is 338 g/mol. The van der Waals surface area contributed by atoms with E-state index in [2.05, 4.69) is 10.6 Å². The maximum Gasteiger partial charge on any atom is 0.416 e. The monoisotopic (exact) mass is 338 g/mol. The van der Waals surface area contributed by atoms with Crippen LogP contribution in [0, 0.1) is 0 Å². The Balaban J connectivity index is 2.25. The molecule has 2 aromatic carbocycles. The number of hydrogen-bond acceptors (Lipinski definition) is 4. The summed E-state index contributed by atoms with van der Waals surface area (Å²) in [5.74, 6) is 0. The van der Waals surface area contributed by atoms with Crippen LogP contribution in [0.3, 0.4) is 0 Å². The summed E-state index contributed by atoms with van der Waals surface area (Å²) in [6.07, 6.45) is -4.34. The summed E-state index contributed by atoms with van der Waals surface area (Å²) in [7, 11) is 1.45. The molecule has 1 unspecified atom stereocenters. The topological polar surface area (TPSA) is 53.8 Å². The molecule has 0 saturated carbocycles. The summed E-state index contributed by atoms with van der Waals surface area (Å²) in [6, 6.07) is 11.7. The fraction of sp³-hybridized carbons (Fsp3) is 0.235. The minimum Gasteiger partial charge on any atom is -0.411 e. The number of halogens is 3. The van der Waals surface area contributed by atoms with Gasteiger partial charge in [0, 0.05) is 0 Å². The summed E-state index contributed by atoms with van der Waals surface area (Å²) >= 11 is 0. The quantitative estimate of drug-likeness (QED) is 0.482. The van der Waals surface area contributed by atoms with Crippen LogP contribution in [0.15, 0.2) is 53.7 Å². The van der Waals surface area contributed by atoms with Crippen molar-refractivity contribution in [2.45, 2.75) is 19.1 Å². The summed E-state index contributed by atoms with van der Waals surface area (Å²) in [6.45, 7) is 1.64. The van der Waals surface area contributed by atoms with Gasteiger partial charge in [0.1, 0.15) is 0 Å². The number of rotatable bonds is 5. The Morgan fingerprint density at radius 1 is 1.04 bits per heavy atom. The Kier molecular flexibility index (Phi) is 5.58. The molecule has 0 aliphatic carbocycles. The zero-order chi connectivity index (χ0) is 17.7. The molecule has 0 radical (unpaired) electrons. The van der Waals surface area contributed by atoms with Crippen molar-refractivity contribution in [1.82, 2.24) is 5.48 Å². The average Bonchev–Trinajstić information content (AvgIpc) is 2.58. The third-order valence-corrected chi connectivity index (χ3v) is 3.60. The summed E-state index contributed by atoms with van der Waals surface area (Å²) in [4.78, 5) is 4.89. The molecule has 0 heterocycles. The minimum atomic E-state index is -4.34. The smallest absolute Gasteiger partial charge is 0.411 e. The molecule has 0 amide bonds. The van der Waals surface area contributed by atoms with Crippen LogP contribution in [0.2, 0.25) is 0 Å². The van der Waals surface area contributed by atoms with Crippen molar-refractivity contribution in [3.05, 3.63) is 59.7 Å². The van der Waals surface area contributed by atoms with Crippen molar-refractivity contribution >= 4 is 5.71 Å². The fourth-order valence-corrected chi connectivity index (χ4v) is 2.29. The molecule has 0 aliphatic heterocycles. The first kappa shape index (κ1) is 18.0. The molecule has 1 atom stereocenters. The van der Waals surface area contributed by atoms with Crippen molar-refractivity contribution < 1.29 is 23.2 Å². The maximum absolute atomic E-state index is 12.6. The summed E-state index contributed by atoms with van der Waals surface area (Å²) in [5.41, 5.74) is 4.71. The zero-order valence-electron chi connectivity index (χ0n) is 13.1. The standard InChI is InChI=1S/C17H17F3N2O2/c1-11(21-23)16(22-24-2)14-5-3-12(4-6-14)13-7-9-15(10-8-13)17(18,19)20/h3-10,16,22-23H,1-2H3/b21-11-. The molecule has 2 aromatic rings. The molecule has 2 N–H and O–H groups in total. The predicted molar refractivity (Wildman–Crippen MR) is 84.7 cm³/mol. The molecule has 4 nitrogen and oxygen atoms in total. The van der Waals surface area contributed by atoms with Crippen molar-refractivity contribution in [2.24, 2.45) is 5.16 Å². The Bertz CT molecular complexity index is 695. The Morgan fingerprint density at radius 2 is 1.54 bits per heavy atom. The van der Waals surface area contributed by atoms with Crippen LogP contribution in [-0.2, 0) is 11.0 Å². The van der Waals surface area contributed by atoms with Gasteiger partial charge < -0.3 is 10.0 Å². The first-order chi connectivity index (χ1) is 11.4. The molecular formula is C17H17F3N2O2. The number of alkyl halides is 3. The van der Waals surface area contributed by atoms with Crippen LogP contribution in [0.4, 0.5) is 13.2 Å². The van der Waals surface area contributed by atoms with E-state index in [1.54, 1.807) is 31.2 Å². The van der Waals surface area contributed by atoms with Crippen LogP contribution in [0.25, 0.3) is 11.1 Å². The van der Waals surface area contributed by atoms with E-state index in [-0.39, 0.29) is 0 Å². The Morgan fingerprint density at radius 3 is 1.96 bits per heavy atom. The molecule has 0 bridgehead atoms. The normalized spacial score (nSPS) is 13.8. The molecule has 0 saturated heterocycles. The second kappa shape index (κ2) is 7.46. The molecule has 7 heteroatoms. The zero-order valence-corrected chi connectivity index (χ0v) is 13.1. The van der Waals surface area contributed by atoms with E-state index in [4.69, 9.17) is 10.0 Å². The molecule has 0 aliphatic rings. The van der Waals surface area contributed by atoms with Gasteiger partial charge in [-0.15, -0.1) is 0 Å². The van der Waals surface area contributed by atoms with E-state index < -0.39 is 17.8 Å². The lowest BCUT2D eigenvalue weighted by atomic mass is 9.98.